The van der Waals surface area contributed by atoms with Gasteiger partial charge in [0.15, 0.2) is 0 Å². The van der Waals surface area contributed by atoms with Crippen molar-refractivity contribution in [2.24, 2.45) is 0 Å². The van der Waals surface area contributed by atoms with Crippen LogP contribution in [0.15, 0.2) is 48.5 Å². The second kappa shape index (κ2) is 5.63. The minimum absolute atomic E-state index is 1.04. The molecule has 0 N–H and O–H groups in total. The number of nitrogens with zero attached hydrogens (tertiary/aromatic N) is 2. The van der Waals surface area contributed by atoms with Gasteiger partial charge in [0, 0.05) is 24.3 Å². The van der Waals surface area contributed by atoms with Crippen molar-refractivity contribution in [3.63, 3.8) is 0 Å². The third-order valence-corrected chi connectivity index (χ3v) is 4.62. The SMILES string of the molecule is CCN(CC)c1ccc(-c2nc3ccccc3s2)cc1. The molecule has 0 spiro atoms. The molecular formula is C17H18N2S. The Kier molecular flexibility index (Phi) is 3.70. The first-order valence-corrected chi connectivity index (χ1v) is 7.84. The summed E-state index contributed by atoms with van der Waals surface area (Å²) >= 11 is 1.75. The number of rotatable bonds is 4. The van der Waals surface area contributed by atoms with Crippen LogP contribution in [-0.4, -0.2) is 18.1 Å². The van der Waals surface area contributed by atoms with Crippen molar-refractivity contribution < 1.29 is 0 Å². The summed E-state index contributed by atoms with van der Waals surface area (Å²) in [6.07, 6.45) is 0. The highest BCUT2D eigenvalue weighted by Crippen LogP contribution is 2.30. The fourth-order valence-electron chi connectivity index (χ4n) is 2.40. The lowest BCUT2D eigenvalue weighted by Crippen LogP contribution is -2.21. The topological polar surface area (TPSA) is 16.1 Å². The molecule has 0 aliphatic carbocycles. The Labute approximate surface area is 123 Å². The number of hydrogen-bond acceptors (Lipinski definition) is 3. The number of para-hydroxylation sites is 1. The fourth-order valence-corrected chi connectivity index (χ4v) is 3.37. The van der Waals surface area contributed by atoms with Gasteiger partial charge in [-0.3, -0.25) is 0 Å². The van der Waals surface area contributed by atoms with E-state index in [9.17, 15) is 0 Å². The van der Waals surface area contributed by atoms with Crippen molar-refractivity contribution in [2.75, 3.05) is 18.0 Å². The summed E-state index contributed by atoms with van der Waals surface area (Å²) in [6.45, 7) is 6.45. The molecule has 0 aliphatic rings. The predicted molar refractivity (Wildman–Crippen MR) is 88.6 cm³/mol. The molecule has 3 rings (SSSR count). The van der Waals surface area contributed by atoms with Gasteiger partial charge in [0.25, 0.3) is 0 Å². The van der Waals surface area contributed by atoms with Crippen molar-refractivity contribution >= 4 is 27.2 Å². The molecule has 0 aliphatic heterocycles. The summed E-state index contributed by atoms with van der Waals surface area (Å²) in [6, 6.07) is 17.0. The Morgan fingerprint density at radius 3 is 2.30 bits per heavy atom. The van der Waals surface area contributed by atoms with Crippen LogP contribution in [0.4, 0.5) is 5.69 Å². The molecule has 3 aromatic rings. The maximum Gasteiger partial charge on any atom is 0.124 e. The van der Waals surface area contributed by atoms with Gasteiger partial charge in [0.1, 0.15) is 5.01 Å². The van der Waals surface area contributed by atoms with E-state index in [2.05, 4.69) is 61.2 Å². The molecule has 0 amide bonds. The summed E-state index contributed by atoms with van der Waals surface area (Å²) in [5.41, 5.74) is 3.56. The third kappa shape index (κ3) is 2.41. The second-order valence-electron chi connectivity index (χ2n) is 4.71. The van der Waals surface area contributed by atoms with Crippen molar-refractivity contribution in [3.8, 4) is 10.6 Å². The summed E-state index contributed by atoms with van der Waals surface area (Å²) in [4.78, 5) is 7.05. The summed E-state index contributed by atoms with van der Waals surface area (Å²) in [5, 5.41) is 1.09. The van der Waals surface area contributed by atoms with Crippen LogP contribution in [0, 0.1) is 0 Å². The molecule has 0 fully saturated rings. The Morgan fingerprint density at radius 1 is 0.950 bits per heavy atom. The minimum Gasteiger partial charge on any atom is -0.372 e. The molecule has 3 heteroatoms. The van der Waals surface area contributed by atoms with Gasteiger partial charge >= 0.3 is 0 Å². The average Bonchev–Trinajstić information content (AvgIpc) is 2.93. The first-order valence-electron chi connectivity index (χ1n) is 7.02. The third-order valence-electron chi connectivity index (χ3n) is 3.54. The monoisotopic (exact) mass is 282 g/mol. The number of anilines is 1. The van der Waals surface area contributed by atoms with Crippen molar-refractivity contribution in [1.29, 1.82) is 0 Å². The van der Waals surface area contributed by atoms with Crippen molar-refractivity contribution in [2.45, 2.75) is 13.8 Å². The van der Waals surface area contributed by atoms with Gasteiger partial charge in [-0.05, 0) is 50.2 Å². The lowest BCUT2D eigenvalue weighted by atomic mass is 10.2. The van der Waals surface area contributed by atoms with E-state index in [0.29, 0.717) is 0 Å². The van der Waals surface area contributed by atoms with Gasteiger partial charge in [-0.1, -0.05) is 12.1 Å². The van der Waals surface area contributed by atoms with Crippen LogP contribution in [0.1, 0.15) is 13.8 Å². The number of thiazole rings is 1. The summed E-state index contributed by atoms with van der Waals surface area (Å²) in [5.74, 6) is 0. The molecule has 2 nitrogen and oxygen atoms in total. The molecular weight excluding hydrogens is 264 g/mol. The zero-order valence-electron chi connectivity index (χ0n) is 11.8. The molecule has 0 radical (unpaired) electrons. The number of hydrogen-bond donors (Lipinski definition) is 0. The lowest BCUT2D eigenvalue weighted by Gasteiger charge is -2.20. The van der Waals surface area contributed by atoms with Crippen LogP contribution in [0.25, 0.3) is 20.8 Å². The maximum absolute atomic E-state index is 4.70. The molecule has 20 heavy (non-hydrogen) atoms. The van der Waals surface area contributed by atoms with Gasteiger partial charge < -0.3 is 4.90 Å². The zero-order valence-corrected chi connectivity index (χ0v) is 12.7. The van der Waals surface area contributed by atoms with E-state index < -0.39 is 0 Å². The fraction of sp³-hybridized carbons (Fsp3) is 0.235. The highest BCUT2D eigenvalue weighted by atomic mass is 32.1. The molecule has 102 valence electrons. The Balaban J connectivity index is 1.94. The van der Waals surface area contributed by atoms with E-state index >= 15 is 0 Å². The first-order chi connectivity index (χ1) is 9.81. The average molecular weight is 282 g/mol. The highest BCUT2D eigenvalue weighted by molar-refractivity contribution is 7.21. The predicted octanol–water partition coefficient (Wildman–Crippen LogP) is 4.81. The van der Waals surface area contributed by atoms with Crippen molar-refractivity contribution in [3.05, 3.63) is 48.5 Å². The van der Waals surface area contributed by atoms with Gasteiger partial charge in [0.2, 0.25) is 0 Å². The maximum atomic E-state index is 4.70. The molecule has 1 heterocycles. The Hall–Kier alpha value is -1.87. The molecule has 0 unspecified atom stereocenters. The minimum atomic E-state index is 1.04. The van der Waals surface area contributed by atoms with Gasteiger partial charge in [-0.2, -0.15) is 0 Å². The number of aromatic nitrogens is 1. The zero-order chi connectivity index (χ0) is 13.9. The Bertz CT molecular complexity index is 663. The molecule has 0 saturated carbocycles. The first kappa shape index (κ1) is 13.1. The van der Waals surface area contributed by atoms with E-state index in [1.54, 1.807) is 11.3 Å². The number of benzene rings is 2. The standard InChI is InChI=1S/C17H18N2S/c1-3-19(4-2)14-11-9-13(10-12-14)17-18-15-7-5-6-8-16(15)20-17/h5-12H,3-4H2,1-2H3. The molecule has 0 bridgehead atoms. The van der Waals surface area contributed by atoms with Gasteiger partial charge in [0.05, 0.1) is 10.2 Å². The van der Waals surface area contributed by atoms with Crippen molar-refractivity contribution in [1.82, 2.24) is 4.98 Å². The summed E-state index contributed by atoms with van der Waals surface area (Å²) in [7, 11) is 0. The molecule has 0 saturated heterocycles. The second-order valence-corrected chi connectivity index (χ2v) is 5.74. The van der Waals surface area contributed by atoms with E-state index in [-0.39, 0.29) is 0 Å². The van der Waals surface area contributed by atoms with Crippen LogP contribution >= 0.6 is 11.3 Å². The van der Waals surface area contributed by atoms with E-state index in [0.717, 1.165) is 23.6 Å². The van der Waals surface area contributed by atoms with Crippen LogP contribution < -0.4 is 4.90 Å². The van der Waals surface area contributed by atoms with E-state index in [1.807, 2.05) is 6.07 Å². The van der Waals surface area contributed by atoms with Gasteiger partial charge in [-0.15, -0.1) is 11.3 Å². The quantitative estimate of drug-likeness (QED) is 0.682. The number of fused-ring (bicyclic) bond motifs is 1. The van der Waals surface area contributed by atoms with E-state index in [1.165, 1.54) is 16.0 Å². The van der Waals surface area contributed by atoms with Crippen LogP contribution in [0.3, 0.4) is 0 Å². The van der Waals surface area contributed by atoms with Crippen LogP contribution in [0.5, 0.6) is 0 Å². The molecule has 0 atom stereocenters. The Morgan fingerprint density at radius 2 is 1.65 bits per heavy atom. The largest absolute Gasteiger partial charge is 0.372 e. The van der Waals surface area contributed by atoms with Gasteiger partial charge in [-0.25, -0.2) is 4.98 Å². The van der Waals surface area contributed by atoms with Crippen LogP contribution in [-0.2, 0) is 0 Å². The molecule has 2 aromatic carbocycles. The molecule has 1 aromatic heterocycles. The van der Waals surface area contributed by atoms with Crippen LogP contribution in [0.2, 0.25) is 0 Å². The normalized spacial score (nSPS) is 10.9. The van der Waals surface area contributed by atoms with E-state index in [4.69, 9.17) is 4.98 Å². The summed E-state index contributed by atoms with van der Waals surface area (Å²) < 4.78 is 1.25. The lowest BCUT2D eigenvalue weighted by molar-refractivity contribution is 0.866. The smallest absolute Gasteiger partial charge is 0.124 e. The highest BCUT2D eigenvalue weighted by Gasteiger charge is 2.07.